The molecule has 1 aliphatic rings. The zero-order valence-electron chi connectivity index (χ0n) is 10.7. The van der Waals surface area contributed by atoms with Gasteiger partial charge < -0.3 is 5.11 Å². The molecule has 5 nitrogen and oxygen atoms in total. The van der Waals surface area contributed by atoms with Gasteiger partial charge in [-0.1, -0.05) is 24.3 Å². The third kappa shape index (κ3) is 2.79. The molecule has 0 saturated heterocycles. The molecule has 0 radical (unpaired) electrons. The van der Waals surface area contributed by atoms with Crippen molar-refractivity contribution in [2.24, 2.45) is 0 Å². The van der Waals surface area contributed by atoms with Crippen LogP contribution in [0, 0.1) is 0 Å². The van der Waals surface area contributed by atoms with E-state index < -0.39 is 21.2 Å². The van der Waals surface area contributed by atoms with Crippen LogP contribution in [0.15, 0.2) is 24.3 Å². The molecule has 104 valence electrons. The number of carbonyl (C=O) groups is 1. The maximum atomic E-state index is 12.2. The molecule has 2 rings (SSSR count). The molecule has 1 aliphatic heterocycles. The molecule has 0 aromatic heterocycles. The molecule has 1 heterocycles. The van der Waals surface area contributed by atoms with Gasteiger partial charge in [0.1, 0.15) is 0 Å². The number of benzene rings is 1. The summed E-state index contributed by atoms with van der Waals surface area (Å²) in [4.78, 5) is 10.9. The number of hydrogen-bond acceptors (Lipinski definition) is 3. The lowest BCUT2D eigenvalue weighted by Gasteiger charge is -2.22. The number of hydrogen-bond donors (Lipinski definition) is 1. The molecule has 0 amide bonds. The number of fused-ring (bicyclic) bond motifs is 1. The van der Waals surface area contributed by atoms with Crippen molar-refractivity contribution in [3.05, 3.63) is 35.4 Å². The van der Waals surface area contributed by atoms with Crippen LogP contribution >= 0.6 is 0 Å². The van der Waals surface area contributed by atoms with Crippen molar-refractivity contribution in [3.63, 3.8) is 0 Å². The number of carboxylic acids is 1. The lowest BCUT2D eigenvalue weighted by molar-refractivity contribution is -0.136. The number of aryl methyl sites for hydroxylation is 1. The van der Waals surface area contributed by atoms with E-state index in [9.17, 15) is 13.2 Å². The fourth-order valence-electron chi connectivity index (χ4n) is 2.24. The molecule has 0 fully saturated rings. The Balaban J connectivity index is 2.30. The molecule has 1 unspecified atom stereocenters. The second kappa shape index (κ2) is 5.30. The van der Waals surface area contributed by atoms with Crippen molar-refractivity contribution in [1.82, 2.24) is 4.31 Å². The van der Waals surface area contributed by atoms with Gasteiger partial charge in [0, 0.05) is 13.1 Å². The normalized spacial score (nSPS) is 18.4. The Hall–Kier alpha value is -1.40. The maximum Gasteiger partial charge on any atom is 0.323 e. The van der Waals surface area contributed by atoms with Crippen LogP contribution in [0.5, 0.6) is 0 Å². The van der Waals surface area contributed by atoms with Crippen molar-refractivity contribution >= 4 is 16.0 Å². The standard InChI is InChI=1S/C13H17NO4S/c1-10(13(15)16)19(17,18)14-8-4-7-11-5-2-3-6-12(11)9-14/h2-3,5-6,10H,4,7-9H2,1H3,(H,15,16). The van der Waals surface area contributed by atoms with Crippen LogP contribution in [-0.2, 0) is 27.8 Å². The van der Waals surface area contributed by atoms with Crippen LogP contribution in [0.4, 0.5) is 0 Å². The fraction of sp³-hybridized carbons (Fsp3) is 0.462. The largest absolute Gasteiger partial charge is 0.480 e. The van der Waals surface area contributed by atoms with Gasteiger partial charge in [-0.25, -0.2) is 8.42 Å². The summed E-state index contributed by atoms with van der Waals surface area (Å²) < 4.78 is 25.8. The molecule has 1 N–H and O–H groups in total. The van der Waals surface area contributed by atoms with Gasteiger partial charge in [0.15, 0.2) is 5.25 Å². The first-order valence-electron chi connectivity index (χ1n) is 6.21. The Morgan fingerprint density at radius 1 is 1.32 bits per heavy atom. The van der Waals surface area contributed by atoms with E-state index in [4.69, 9.17) is 5.11 Å². The molecular formula is C13H17NO4S. The van der Waals surface area contributed by atoms with Crippen LogP contribution in [-0.4, -0.2) is 35.6 Å². The second-order valence-electron chi connectivity index (χ2n) is 4.73. The second-order valence-corrected chi connectivity index (χ2v) is 6.98. The van der Waals surface area contributed by atoms with Gasteiger partial charge >= 0.3 is 5.97 Å². The van der Waals surface area contributed by atoms with Crippen LogP contribution in [0.3, 0.4) is 0 Å². The molecule has 0 aliphatic carbocycles. The highest BCUT2D eigenvalue weighted by atomic mass is 32.2. The molecule has 0 saturated carbocycles. The molecule has 19 heavy (non-hydrogen) atoms. The molecule has 0 spiro atoms. The minimum Gasteiger partial charge on any atom is -0.480 e. The third-order valence-corrected chi connectivity index (χ3v) is 5.60. The Bertz CT molecular complexity index is 582. The monoisotopic (exact) mass is 283 g/mol. The minimum absolute atomic E-state index is 0.260. The smallest absolute Gasteiger partial charge is 0.323 e. The quantitative estimate of drug-likeness (QED) is 0.905. The highest BCUT2D eigenvalue weighted by Gasteiger charge is 2.34. The van der Waals surface area contributed by atoms with Crippen molar-refractivity contribution in [1.29, 1.82) is 0 Å². The minimum atomic E-state index is -3.79. The summed E-state index contributed by atoms with van der Waals surface area (Å²) in [5.74, 6) is -1.31. The number of carboxylic acid groups (broad SMARTS) is 1. The van der Waals surface area contributed by atoms with E-state index >= 15 is 0 Å². The summed E-state index contributed by atoms with van der Waals surface area (Å²) in [5, 5.41) is 7.50. The van der Waals surface area contributed by atoms with Gasteiger partial charge in [0.05, 0.1) is 0 Å². The average molecular weight is 283 g/mol. The summed E-state index contributed by atoms with van der Waals surface area (Å²) >= 11 is 0. The average Bonchev–Trinajstić information content (AvgIpc) is 2.60. The SMILES string of the molecule is CC(C(=O)O)S(=O)(=O)N1CCCc2ccccc2C1. The summed E-state index contributed by atoms with van der Waals surface area (Å²) in [5.41, 5.74) is 2.10. The Labute approximate surface area is 112 Å². The molecule has 1 aromatic carbocycles. The Morgan fingerprint density at radius 2 is 1.95 bits per heavy atom. The van der Waals surface area contributed by atoms with E-state index in [2.05, 4.69) is 0 Å². The lowest BCUT2D eigenvalue weighted by Crippen LogP contribution is -2.40. The molecule has 1 atom stereocenters. The maximum absolute atomic E-state index is 12.2. The third-order valence-electron chi connectivity index (χ3n) is 3.47. The highest BCUT2D eigenvalue weighted by Crippen LogP contribution is 2.22. The van der Waals surface area contributed by atoms with Gasteiger partial charge in [0.25, 0.3) is 0 Å². The number of sulfonamides is 1. The van der Waals surface area contributed by atoms with E-state index in [0.717, 1.165) is 17.5 Å². The predicted octanol–water partition coefficient (Wildman–Crippen LogP) is 1.24. The molecular weight excluding hydrogens is 266 g/mol. The number of nitrogens with zero attached hydrogens (tertiary/aromatic N) is 1. The topological polar surface area (TPSA) is 74.7 Å². The van der Waals surface area contributed by atoms with E-state index in [1.54, 1.807) is 0 Å². The number of aliphatic carboxylic acids is 1. The van der Waals surface area contributed by atoms with Crippen LogP contribution < -0.4 is 0 Å². The Kier molecular flexibility index (Phi) is 3.91. The van der Waals surface area contributed by atoms with E-state index in [1.807, 2.05) is 24.3 Å². The van der Waals surface area contributed by atoms with E-state index in [-0.39, 0.29) is 6.54 Å². The van der Waals surface area contributed by atoms with Crippen molar-refractivity contribution in [2.75, 3.05) is 6.54 Å². The van der Waals surface area contributed by atoms with Crippen molar-refractivity contribution in [3.8, 4) is 0 Å². The van der Waals surface area contributed by atoms with E-state index in [1.165, 1.54) is 11.2 Å². The lowest BCUT2D eigenvalue weighted by atomic mass is 10.0. The van der Waals surface area contributed by atoms with E-state index in [0.29, 0.717) is 13.0 Å². The fourth-order valence-corrected chi connectivity index (χ4v) is 3.64. The number of rotatable bonds is 3. The summed E-state index contributed by atoms with van der Waals surface area (Å²) in [6, 6.07) is 7.69. The van der Waals surface area contributed by atoms with Crippen molar-refractivity contribution in [2.45, 2.75) is 31.6 Å². The molecule has 0 bridgehead atoms. The van der Waals surface area contributed by atoms with Gasteiger partial charge in [0.2, 0.25) is 10.0 Å². The van der Waals surface area contributed by atoms with Gasteiger partial charge in [-0.2, -0.15) is 4.31 Å². The first-order chi connectivity index (χ1) is 8.93. The molecule has 1 aromatic rings. The highest BCUT2D eigenvalue weighted by molar-refractivity contribution is 7.90. The van der Waals surface area contributed by atoms with Gasteiger partial charge in [-0.15, -0.1) is 0 Å². The summed E-state index contributed by atoms with van der Waals surface area (Å²) in [6.07, 6.45) is 1.53. The van der Waals surface area contributed by atoms with Crippen molar-refractivity contribution < 1.29 is 18.3 Å². The summed E-state index contributed by atoms with van der Waals surface area (Å²) in [7, 11) is -3.79. The van der Waals surface area contributed by atoms with Crippen LogP contribution in [0.25, 0.3) is 0 Å². The zero-order chi connectivity index (χ0) is 14.0. The predicted molar refractivity (Wildman–Crippen MR) is 71.2 cm³/mol. The zero-order valence-corrected chi connectivity index (χ0v) is 11.6. The van der Waals surface area contributed by atoms with Crippen LogP contribution in [0.2, 0.25) is 0 Å². The first-order valence-corrected chi connectivity index (χ1v) is 7.72. The van der Waals surface area contributed by atoms with Crippen LogP contribution in [0.1, 0.15) is 24.5 Å². The first kappa shape index (κ1) is 14.0. The Morgan fingerprint density at radius 3 is 2.58 bits per heavy atom. The van der Waals surface area contributed by atoms with Gasteiger partial charge in [-0.3, -0.25) is 4.79 Å². The van der Waals surface area contributed by atoms with Gasteiger partial charge in [-0.05, 0) is 30.9 Å². The summed E-state index contributed by atoms with van der Waals surface area (Å²) in [6.45, 7) is 1.85. The molecule has 6 heteroatoms.